The zero-order valence-electron chi connectivity index (χ0n) is 12.7. The van der Waals surface area contributed by atoms with Crippen molar-refractivity contribution in [1.29, 1.82) is 0 Å². The highest BCUT2D eigenvalue weighted by atomic mass is 16.2. The van der Waals surface area contributed by atoms with Gasteiger partial charge in [0.25, 0.3) is 0 Å². The Labute approximate surface area is 121 Å². The predicted molar refractivity (Wildman–Crippen MR) is 83.0 cm³/mol. The fourth-order valence-corrected chi connectivity index (χ4v) is 2.33. The summed E-state index contributed by atoms with van der Waals surface area (Å²) in [4.78, 5) is 13.9. The first kappa shape index (κ1) is 14.9. The van der Waals surface area contributed by atoms with Crippen molar-refractivity contribution in [3.63, 3.8) is 0 Å². The zero-order chi connectivity index (χ0) is 14.5. The highest BCUT2D eigenvalue weighted by Gasteiger charge is 2.23. The third-order valence-corrected chi connectivity index (χ3v) is 3.57. The topological polar surface area (TPSA) is 44.4 Å². The Kier molecular flexibility index (Phi) is 5.01. The Morgan fingerprint density at radius 3 is 2.75 bits per heavy atom. The highest BCUT2D eigenvalue weighted by molar-refractivity contribution is 5.82. The standard InChI is InChI=1S/C16H25N3O/c1-4-17-10-13-5-8-15(12(2)9-13)19(3)11-16(20)18-14-6-7-14/h5,8-9,14,17H,4,6-7,10-11H2,1-3H3,(H,18,20). The van der Waals surface area contributed by atoms with E-state index in [0.717, 1.165) is 31.6 Å². The minimum atomic E-state index is 0.117. The van der Waals surface area contributed by atoms with Gasteiger partial charge in [0.05, 0.1) is 6.54 Å². The molecular formula is C16H25N3O. The molecule has 2 N–H and O–H groups in total. The van der Waals surface area contributed by atoms with E-state index in [1.54, 1.807) is 0 Å². The first-order chi connectivity index (χ1) is 9.60. The Balaban J connectivity index is 1.94. The largest absolute Gasteiger partial charge is 0.365 e. The molecule has 0 heterocycles. The lowest BCUT2D eigenvalue weighted by atomic mass is 10.1. The number of amides is 1. The molecule has 1 aromatic rings. The van der Waals surface area contributed by atoms with Gasteiger partial charge in [0, 0.05) is 25.3 Å². The van der Waals surface area contributed by atoms with Crippen LogP contribution in [0.3, 0.4) is 0 Å². The molecule has 4 heteroatoms. The monoisotopic (exact) mass is 275 g/mol. The molecule has 4 nitrogen and oxygen atoms in total. The molecular weight excluding hydrogens is 250 g/mol. The molecule has 110 valence electrons. The van der Waals surface area contributed by atoms with Gasteiger partial charge in [-0.25, -0.2) is 0 Å². The molecule has 1 aliphatic carbocycles. The number of rotatable bonds is 7. The minimum absolute atomic E-state index is 0.117. The quantitative estimate of drug-likeness (QED) is 0.798. The molecule has 0 aliphatic heterocycles. The van der Waals surface area contributed by atoms with Crippen LogP contribution in [0.15, 0.2) is 18.2 Å². The molecule has 0 spiro atoms. The summed E-state index contributed by atoms with van der Waals surface area (Å²) in [5.41, 5.74) is 3.61. The lowest BCUT2D eigenvalue weighted by Crippen LogP contribution is -2.36. The molecule has 1 saturated carbocycles. The second-order valence-electron chi connectivity index (χ2n) is 5.60. The summed E-state index contributed by atoms with van der Waals surface area (Å²) < 4.78 is 0. The Morgan fingerprint density at radius 1 is 1.40 bits per heavy atom. The molecule has 0 aromatic heterocycles. The maximum Gasteiger partial charge on any atom is 0.239 e. The molecule has 0 bridgehead atoms. The third-order valence-electron chi connectivity index (χ3n) is 3.57. The maximum absolute atomic E-state index is 11.8. The van der Waals surface area contributed by atoms with Crippen molar-refractivity contribution < 1.29 is 4.79 Å². The van der Waals surface area contributed by atoms with E-state index in [9.17, 15) is 4.79 Å². The van der Waals surface area contributed by atoms with E-state index < -0.39 is 0 Å². The first-order valence-electron chi connectivity index (χ1n) is 7.41. The number of carbonyl (C=O) groups is 1. The molecule has 20 heavy (non-hydrogen) atoms. The smallest absolute Gasteiger partial charge is 0.239 e. The molecule has 1 fully saturated rings. The van der Waals surface area contributed by atoms with Gasteiger partial charge in [-0.3, -0.25) is 4.79 Å². The van der Waals surface area contributed by atoms with Crippen LogP contribution >= 0.6 is 0 Å². The average Bonchev–Trinajstić information content (AvgIpc) is 3.19. The van der Waals surface area contributed by atoms with Gasteiger partial charge in [-0.1, -0.05) is 19.1 Å². The number of anilines is 1. The highest BCUT2D eigenvalue weighted by Crippen LogP contribution is 2.21. The minimum Gasteiger partial charge on any atom is -0.365 e. The van der Waals surface area contributed by atoms with Gasteiger partial charge < -0.3 is 15.5 Å². The maximum atomic E-state index is 11.8. The number of hydrogen-bond donors (Lipinski definition) is 2. The van der Waals surface area contributed by atoms with Crippen molar-refractivity contribution in [3.05, 3.63) is 29.3 Å². The van der Waals surface area contributed by atoms with E-state index in [1.807, 2.05) is 11.9 Å². The summed E-state index contributed by atoms with van der Waals surface area (Å²) in [7, 11) is 1.97. The van der Waals surface area contributed by atoms with Gasteiger partial charge in [0.2, 0.25) is 5.91 Å². The molecule has 2 rings (SSSR count). The SMILES string of the molecule is CCNCc1ccc(N(C)CC(=O)NC2CC2)c(C)c1. The Bertz CT molecular complexity index is 469. The van der Waals surface area contributed by atoms with Crippen LogP contribution in [0.1, 0.15) is 30.9 Å². The lowest BCUT2D eigenvalue weighted by molar-refractivity contribution is -0.119. The Morgan fingerprint density at radius 2 is 2.15 bits per heavy atom. The molecule has 0 radical (unpaired) electrons. The number of aryl methyl sites for hydroxylation is 1. The summed E-state index contributed by atoms with van der Waals surface area (Å²) in [5, 5.41) is 6.35. The molecule has 1 amide bonds. The number of hydrogen-bond acceptors (Lipinski definition) is 3. The van der Waals surface area contributed by atoms with E-state index >= 15 is 0 Å². The van der Waals surface area contributed by atoms with Crippen LogP contribution in [0.2, 0.25) is 0 Å². The van der Waals surface area contributed by atoms with Crippen LogP contribution in [-0.4, -0.2) is 32.1 Å². The van der Waals surface area contributed by atoms with Crippen molar-refractivity contribution in [1.82, 2.24) is 10.6 Å². The summed E-state index contributed by atoms with van der Waals surface area (Å²) >= 11 is 0. The van der Waals surface area contributed by atoms with E-state index in [0.29, 0.717) is 12.6 Å². The number of nitrogens with zero attached hydrogens (tertiary/aromatic N) is 1. The van der Waals surface area contributed by atoms with E-state index in [1.165, 1.54) is 11.1 Å². The van der Waals surface area contributed by atoms with Crippen molar-refractivity contribution >= 4 is 11.6 Å². The van der Waals surface area contributed by atoms with Gasteiger partial charge in [0.1, 0.15) is 0 Å². The second-order valence-corrected chi connectivity index (χ2v) is 5.60. The van der Waals surface area contributed by atoms with Crippen LogP contribution in [0, 0.1) is 6.92 Å². The van der Waals surface area contributed by atoms with Crippen molar-refractivity contribution in [2.75, 3.05) is 25.0 Å². The van der Waals surface area contributed by atoms with E-state index in [2.05, 4.69) is 42.7 Å². The fraction of sp³-hybridized carbons (Fsp3) is 0.562. The Hall–Kier alpha value is -1.55. The van der Waals surface area contributed by atoms with Gasteiger partial charge in [-0.05, 0) is 43.5 Å². The summed E-state index contributed by atoms with van der Waals surface area (Å²) in [6, 6.07) is 6.85. The van der Waals surface area contributed by atoms with Crippen molar-refractivity contribution in [3.8, 4) is 0 Å². The molecule has 0 saturated heterocycles. The number of carbonyl (C=O) groups excluding carboxylic acids is 1. The van der Waals surface area contributed by atoms with Gasteiger partial charge in [0.15, 0.2) is 0 Å². The van der Waals surface area contributed by atoms with Gasteiger partial charge in [-0.15, -0.1) is 0 Å². The van der Waals surface area contributed by atoms with Crippen LogP contribution in [0.25, 0.3) is 0 Å². The van der Waals surface area contributed by atoms with Gasteiger partial charge in [-0.2, -0.15) is 0 Å². The molecule has 0 atom stereocenters. The number of likely N-dealkylation sites (N-methyl/N-ethyl adjacent to an activating group) is 1. The van der Waals surface area contributed by atoms with Gasteiger partial charge >= 0.3 is 0 Å². The van der Waals surface area contributed by atoms with Crippen LogP contribution in [-0.2, 0) is 11.3 Å². The fourth-order valence-electron chi connectivity index (χ4n) is 2.33. The van der Waals surface area contributed by atoms with Crippen molar-refractivity contribution in [2.24, 2.45) is 0 Å². The second kappa shape index (κ2) is 6.75. The van der Waals surface area contributed by atoms with Crippen molar-refractivity contribution in [2.45, 2.75) is 39.3 Å². The summed E-state index contributed by atoms with van der Waals surface area (Å²) in [6.45, 7) is 6.49. The summed E-state index contributed by atoms with van der Waals surface area (Å²) in [5.74, 6) is 0.117. The number of nitrogens with one attached hydrogen (secondary N) is 2. The number of benzene rings is 1. The zero-order valence-corrected chi connectivity index (χ0v) is 12.7. The van der Waals surface area contributed by atoms with Crippen LogP contribution < -0.4 is 15.5 Å². The van der Waals surface area contributed by atoms with E-state index in [-0.39, 0.29) is 5.91 Å². The predicted octanol–water partition coefficient (Wildman–Crippen LogP) is 1.82. The molecule has 1 aromatic carbocycles. The van der Waals surface area contributed by atoms with Crippen LogP contribution in [0.5, 0.6) is 0 Å². The lowest BCUT2D eigenvalue weighted by Gasteiger charge is -2.21. The third kappa shape index (κ3) is 4.23. The van der Waals surface area contributed by atoms with Crippen LogP contribution in [0.4, 0.5) is 5.69 Å². The molecule has 0 unspecified atom stereocenters. The first-order valence-corrected chi connectivity index (χ1v) is 7.41. The molecule has 1 aliphatic rings. The average molecular weight is 275 g/mol. The van der Waals surface area contributed by atoms with E-state index in [4.69, 9.17) is 0 Å². The summed E-state index contributed by atoms with van der Waals surface area (Å²) in [6.07, 6.45) is 2.27. The normalized spacial score (nSPS) is 14.2.